The monoisotopic (exact) mass is 296 g/mol. The van der Waals surface area contributed by atoms with Gasteiger partial charge >= 0.3 is 0 Å². The molecule has 1 saturated heterocycles. The van der Waals surface area contributed by atoms with Gasteiger partial charge in [0.2, 0.25) is 11.8 Å². The van der Waals surface area contributed by atoms with E-state index in [-0.39, 0.29) is 29.7 Å². The minimum atomic E-state index is -0.757. The van der Waals surface area contributed by atoms with Crippen LogP contribution in [0.25, 0.3) is 10.9 Å². The molecule has 7 nitrogen and oxygen atoms in total. The van der Waals surface area contributed by atoms with Crippen LogP contribution >= 0.6 is 0 Å². The molecule has 1 unspecified atom stereocenters. The van der Waals surface area contributed by atoms with Crippen molar-refractivity contribution < 1.29 is 9.59 Å². The molecule has 1 fully saturated rings. The number of aryl methyl sites for hydroxylation is 1. The van der Waals surface area contributed by atoms with Gasteiger partial charge in [0, 0.05) is 6.42 Å². The molecule has 0 spiro atoms. The summed E-state index contributed by atoms with van der Waals surface area (Å²) < 4.78 is 1.30. The Labute approximate surface area is 125 Å². The number of hydrogen-bond donors (Lipinski definition) is 1. The zero-order chi connectivity index (χ0) is 15.9. The Kier molecular flexibility index (Phi) is 3.22. The van der Waals surface area contributed by atoms with E-state index in [0.29, 0.717) is 16.9 Å². The van der Waals surface area contributed by atoms with E-state index in [4.69, 9.17) is 5.26 Å². The number of rotatable bonds is 1. The highest BCUT2D eigenvalue weighted by atomic mass is 16.2. The Morgan fingerprint density at radius 3 is 2.82 bits per heavy atom. The summed E-state index contributed by atoms with van der Waals surface area (Å²) in [6.45, 7) is 1.64. The topological polar surface area (TPSA) is 105 Å². The molecule has 1 aromatic heterocycles. The number of fused-ring (bicyclic) bond motifs is 1. The number of amides is 2. The van der Waals surface area contributed by atoms with Crippen LogP contribution in [0.1, 0.15) is 30.3 Å². The maximum absolute atomic E-state index is 12.7. The normalized spacial score (nSPS) is 18.1. The third kappa shape index (κ3) is 2.15. The van der Waals surface area contributed by atoms with E-state index in [1.807, 2.05) is 6.07 Å². The molecule has 2 aromatic rings. The first-order valence-electron chi connectivity index (χ1n) is 6.78. The van der Waals surface area contributed by atoms with Gasteiger partial charge in [-0.2, -0.15) is 5.26 Å². The van der Waals surface area contributed by atoms with Crippen LogP contribution in [0.2, 0.25) is 0 Å². The molecule has 0 saturated carbocycles. The molecule has 0 bridgehead atoms. The molecule has 7 heteroatoms. The van der Waals surface area contributed by atoms with Crippen LogP contribution in [0.4, 0.5) is 0 Å². The fourth-order valence-corrected chi connectivity index (χ4v) is 2.67. The molecule has 1 aliphatic rings. The fraction of sp³-hybridized carbons (Fsp3) is 0.267. The molecular formula is C15H12N4O3. The molecule has 3 rings (SSSR count). The van der Waals surface area contributed by atoms with Crippen LogP contribution in [0.5, 0.6) is 0 Å². The SMILES string of the molecule is Cc1nc2ccc(C#N)cc2c(=O)n1C1CCC(=O)NC1=O. The molecule has 1 N–H and O–H groups in total. The van der Waals surface area contributed by atoms with Crippen molar-refractivity contribution in [2.75, 3.05) is 0 Å². The minimum Gasteiger partial charge on any atom is -0.295 e. The van der Waals surface area contributed by atoms with Gasteiger partial charge in [0.1, 0.15) is 11.9 Å². The van der Waals surface area contributed by atoms with Gasteiger partial charge in [0.25, 0.3) is 5.56 Å². The van der Waals surface area contributed by atoms with E-state index in [9.17, 15) is 14.4 Å². The van der Waals surface area contributed by atoms with E-state index in [1.54, 1.807) is 19.1 Å². The van der Waals surface area contributed by atoms with Crippen molar-refractivity contribution >= 4 is 22.7 Å². The summed E-state index contributed by atoms with van der Waals surface area (Å²) in [5.74, 6) is -0.441. The number of carbonyl (C=O) groups is 2. The van der Waals surface area contributed by atoms with Crippen molar-refractivity contribution in [3.05, 3.63) is 39.9 Å². The van der Waals surface area contributed by atoms with Gasteiger partial charge in [0.05, 0.1) is 22.5 Å². The van der Waals surface area contributed by atoms with Gasteiger partial charge in [-0.3, -0.25) is 24.3 Å². The van der Waals surface area contributed by atoms with Crippen LogP contribution in [0, 0.1) is 18.3 Å². The average Bonchev–Trinajstić information content (AvgIpc) is 2.49. The Hall–Kier alpha value is -3.01. The molecule has 0 aliphatic carbocycles. The number of nitrogens with zero attached hydrogens (tertiary/aromatic N) is 3. The molecule has 1 aliphatic heterocycles. The number of benzene rings is 1. The summed E-state index contributed by atoms with van der Waals surface area (Å²) in [6, 6.07) is 5.88. The third-order valence-corrected chi connectivity index (χ3v) is 3.73. The number of nitriles is 1. The second-order valence-electron chi connectivity index (χ2n) is 5.14. The van der Waals surface area contributed by atoms with E-state index in [0.717, 1.165) is 0 Å². The van der Waals surface area contributed by atoms with Crippen molar-refractivity contribution in [3.63, 3.8) is 0 Å². The fourth-order valence-electron chi connectivity index (χ4n) is 2.67. The van der Waals surface area contributed by atoms with Crippen LogP contribution in [0.3, 0.4) is 0 Å². The Balaban J connectivity index is 2.22. The van der Waals surface area contributed by atoms with Gasteiger partial charge in [-0.15, -0.1) is 0 Å². The predicted molar refractivity (Wildman–Crippen MR) is 76.9 cm³/mol. The van der Waals surface area contributed by atoms with Gasteiger partial charge in [-0.05, 0) is 31.5 Å². The van der Waals surface area contributed by atoms with Gasteiger partial charge < -0.3 is 0 Å². The van der Waals surface area contributed by atoms with Crippen LogP contribution < -0.4 is 10.9 Å². The first-order valence-corrected chi connectivity index (χ1v) is 6.78. The molecular weight excluding hydrogens is 284 g/mol. The van der Waals surface area contributed by atoms with Gasteiger partial charge in [-0.1, -0.05) is 0 Å². The minimum absolute atomic E-state index is 0.179. The third-order valence-electron chi connectivity index (χ3n) is 3.73. The molecule has 1 aromatic carbocycles. The standard InChI is InChI=1S/C15H12N4O3/c1-8-17-11-3-2-9(7-16)6-10(11)15(22)19(8)12-4-5-13(20)18-14(12)21/h2-3,6,12H,4-5H2,1H3,(H,18,20,21). The highest BCUT2D eigenvalue weighted by molar-refractivity contribution is 5.99. The molecule has 22 heavy (non-hydrogen) atoms. The largest absolute Gasteiger partial charge is 0.295 e. The van der Waals surface area contributed by atoms with Crippen LogP contribution in [0.15, 0.2) is 23.0 Å². The number of aromatic nitrogens is 2. The second kappa shape index (κ2) is 5.07. The van der Waals surface area contributed by atoms with Gasteiger partial charge in [0.15, 0.2) is 0 Å². The highest BCUT2D eigenvalue weighted by Crippen LogP contribution is 2.20. The van der Waals surface area contributed by atoms with Crippen molar-refractivity contribution in [3.8, 4) is 6.07 Å². The number of hydrogen-bond acceptors (Lipinski definition) is 5. The Morgan fingerprint density at radius 1 is 1.36 bits per heavy atom. The van der Waals surface area contributed by atoms with Crippen molar-refractivity contribution in [1.82, 2.24) is 14.9 Å². The van der Waals surface area contributed by atoms with Crippen LogP contribution in [-0.2, 0) is 9.59 Å². The van der Waals surface area contributed by atoms with Crippen molar-refractivity contribution in [2.45, 2.75) is 25.8 Å². The summed E-state index contributed by atoms with van der Waals surface area (Å²) in [5, 5.41) is 11.5. The number of carbonyl (C=O) groups excluding carboxylic acids is 2. The summed E-state index contributed by atoms with van der Waals surface area (Å²) in [5.41, 5.74) is 0.448. The molecule has 2 amide bonds. The smallest absolute Gasteiger partial charge is 0.262 e. The molecule has 2 heterocycles. The summed E-state index contributed by atoms with van der Waals surface area (Å²) in [6.07, 6.45) is 0.440. The summed E-state index contributed by atoms with van der Waals surface area (Å²) >= 11 is 0. The van der Waals surface area contributed by atoms with E-state index < -0.39 is 11.9 Å². The molecule has 110 valence electrons. The van der Waals surface area contributed by atoms with Crippen LogP contribution in [-0.4, -0.2) is 21.4 Å². The van der Waals surface area contributed by atoms with E-state index >= 15 is 0 Å². The zero-order valence-electron chi connectivity index (χ0n) is 11.8. The van der Waals surface area contributed by atoms with Crippen molar-refractivity contribution in [1.29, 1.82) is 5.26 Å². The lowest BCUT2D eigenvalue weighted by atomic mass is 10.1. The molecule has 1 atom stereocenters. The lowest BCUT2D eigenvalue weighted by Gasteiger charge is -2.24. The van der Waals surface area contributed by atoms with E-state index in [2.05, 4.69) is 10.3 Å². The zero-order valence-corrected chi connectivity index (χ0v) is 11.8. The lowest BCUT2D eigenvalue weighted by Crippen LogP contribution is -2.45. The summed E-state index contributed by atoms with van der Waals surface area (Å²) in [7, 11) is 0. The lowest BCUT2D eigenvalue weighted by molar-refractivity contribution is -0.135. The Morgan fingerprint density at radius 2 is 2.14 bits per heavy atom. The predicted octanol–water partition coefficient (Wildman–Crippen LogP) is 0.554. The number of piperidine rings is 1. The van der Waals surface area contributed by atoms with Gasteiger partial charge in [-0.25, -0.2) is 4.98 Å². The quantitative estimate of drug-likeness (QED) is 0.774. The molecule has 0 radical (unpaired) electrons. The number of imide groups is 1. The van der Waals surface area contributed by atoms with E-state index in [1.165, 1.54) is 10.6 Å². The average molecular weight is 296 g/mol. The van der Waals surface area contributed by atoms with Crippen molar-refractivity contribution in [2.24, 2.45) is 0 Å². The first-order chi connectivity index (χ1) is 10.5. The Bertz CT molecular complexity index is 907. The second-order valence-corrected chi connectivity index (χ2v) is 5.14. The maximum Gasteiger partial charge on any atom is 0.262 e. The highest BCUT2D eigenvalue weighted by Gasteiger charge is 2.30. The number of nitrogens with one attached hydrogen (secondary N) is 1. The maximum atomic E-state index is 12.7. The summed E-state index contributed by atoms with van der Waals surface area (Å²) in [4.78, 5) is 40.3. The first kappa shape index (κ1) is 13.9.